The fourth-order valence-corrected chi connectivity index (χ4v) is 3.13. The molecule has 3 rings (SSSR count). The van der Waals surface area contributed by atoms with E-state index in [1.165, 1.54) is 29.3 Å². The van der Waals surface area contributed by atoms with Crippen molar-refractivity contribution in [2.24, 2.45) is 0 Å². The van der Waals surface area contributed by atoms with Crippen molar-refractivity contribution >= 4 is 5.91 Å². The van der Waals surface area contributed by atoms with Gasteiger partial charge in [0.25, 0.3) is 5.91 Å². The summed E-state index contributed by atoms with van der Waals surface area (Å²) in [6, 6.07) is 3.48. The molecule has 0 spiro atoms. The van der Waals surface area contributed by atoms with Gasteiger partial charge in [-0.05, 0) is 38.5 Å². The highest BCUT2D eigenvalue weighted by Gasteiger charge is 2.31. The maximum absolute atomic E-state index is 13.9. The second kappa shape index (κ2) is 9.19. The summed E-state index contributed by atoms with van der Waals surface area (Å²) in [5.74, 6) is -0.730. The zero-order valence-electron chi connectivity index (χ0n) is 16.8. The van der Waals surface area contributed by atoms with Crippen LogP contribution in [0.3, 0.4) is 0 Å². The highest BCUT2D eigenvalue weighted by atomic mass is 19.4. The smallest absolute Gasteiger partial charge is 0.336 e. The minimum absolute atomic E-state index is 0.107. The van der Waals surface area contributed by atoms with Gasteiger partial charge in [0.2, 0.25) is 0 Å². The number of nitrogens with zero attached hydrogens (tertiary/aromatic N) is 6. The van der Waals surface area contributed by atoms with E-state index in [9.17, 15) is 22.4 Å². The Morgan fingerprint density at radius 3 is 2.39 bits per heavy atom. The maximum atomic E-state index is 13.9. The number of aryl methyl sites for hydroxylation is 1. The minimum atomic E-state index is -4.50. The van der Waals surface area contributed by atoms with Gasteiger partial charge in [-0.15, -0.1) is 0 Å². The molecule has 2 aromatic heterocycles. The molecule has 0 N–H and O–H groups in total. The van der Waals surface area contributed by atoms with Gasteiger partial charge in [-0.2, -0.15) is 28.2 Å². The predicted octanol–water partition coefficient (Wildman–Crippen LogP) is 3.70. The van der Waals surface area contributed by atoms with Crippen LogP contribution in [0.2, 0.25) is 0 Å². The van der Waals surface area contributed by atoms with Crippen molar-refractivity contribution in [1.82, 2.24) is 29.9 Å². The first-order chi connectivity index (χ1) is 14.7. The molecule has 11 heteroatoms. The molecule has 0 fully saturated rings. The van der Waals surface area contributed by atoms with Gasteiger partial charge in [0, 0.05) is 31.4 Å². The van der Waals surface area contributed by atoms with Gasteiger partial charge < -0.3 is 4.90 Å². The topological polar surface area (TPSA) is 76.8 Å². The first-order valence-corrected chi connectivity index (χ1v) is 9.56. The molecule has 0 aliphatic heterocycles. The summed E-state index contributed by atoms with van der Waals surface area (Å²) in [6.07, 6.45) is 0.570. The number of hydrogen-bond acceptors (Lipinski definition) is 5. The number of alkyl halides is 3. The van der Waals surface area contributed by atoms with Crippen LogP contribution in [0.5, 0.6) is 0 Å². The van der Waals surface area contributed by atoms with Crippen LogP contribution in [-0.2, 0) is 12.6 Å². The number of amides is 1. The molecule has 0 bridgehead atoms. The van der Waals surface area contributed by atoms with Gasteiger partial charge in [0.1, 0.15) is 11.6 Å². The molecule has 0 unspecified atom stereocenters. The second-order valence-electron chi connectivity index (χ2n) is 6.84. The summed E-state index contributed by atoms with van der Waals surface area (Å²) in [7, 11) is 0. The van der Waals surface area contributed by atoms with E-state index in [0.29, 0.717) is 18.7 Å². The van der Waals surface area contributed by atoms with Crippen LogP contribution in [0.4, 0.5) is 17.6 Å². The zero-order chi connectivity index (χ0) is 22.6. The molecule has 0 saturated carbocycles. The van der Waals surface area contributed by atoms with E-state index in [0.717, 1.165) is 18.5 Å². The fraction of sp³-hybridized carbons (Fsp3) is 0.350. The predicted molar refractivity (Wildman–Crippen MR) is 103 cm³/mol. The van der Waals surface area contributed by atoms with Crippen LogP contribution >= 0.6 is 0 Å². The van der Waals surface area contributed by atoms with Crippen molar-refractivity contribution in [3.8, 4) is 5.69 Å². The van der Waals surface area contributed by atoms with Gasteiger partial charge >= 0.3 is 6.18 Å². The molecule has 31 heavy (non-hydrogen) atoms. The summed E-state index contributed by atoms with van der Waals surface area (Å²) in [4.78, 5) is 23.5. The Morgan fingerprint density at radius 2 is 1.81 bits per heavy atom. The van der Waals surface area contributed by atoms with E-state index in [1.54, 1.807) is 18.7 Å². The van der Waals surface area contributed by atoms with Crippen molar-refractivity contribution < 1.29 is 22.4 Å². The molecule has 3 aromatic rings. The number of hydrogen-bond donors (Lipinski definition) is 0. The van der Waals surface area contributed by atoms with Crippen LogP contribution in [0.25, 0.3) is 5.69 Å². The number of rotatable bonds is 7. The molecule has 0 aliphatic rings. The van der Waals surface area contributed by atoms with Gasteiger partial charge in [-0.3, -0.25) is 4.79 Å². The van der Waals surface area contributed by atoms with E-state index >= 15 is 0 Å². The SMILES string of the molecule is CCN(C(=O)c1cc(F)ccc1-n1nccn1)[C@@H](C)CCc1ncc(C(F)(F)F)cn1. The van der Waals surface area contributed by atoms with Crippen molar-refractivity contribution in [2.45, 2.75) is 38.9 Å². The lowest BCUT2D eigenvalue weighted by atomic mass is 10.1. The molecular weight excluding hydrogens is 416 g/mol. The monoisotopic (exact) mass is 436 g/mol. The second-order valence-corrected chi connectivity index (χ2v) is 6.84. The molecule has 2 heterocycles. The average Bonchev–Trinajstić information content (AvgIpc) is 3.27. The highest BCUT2D eigenvalue weighted by molar-refractivity contribution is 5.97. The fourth-order valence-electron chi connectivity index (χ4n) is 3.13. The summed E-state index contributed by atoms with van der Waals surface area (Å²) >= 11 is 0. The Balaban J connectivity index is 1.74. The molecule has 1 aromatic carbocycles. The first-order valence-electron chi connectivity index (χ1n) is 9.56. The van der Waals surface area contributed by atoms with Crippen molar-refractivity contribution in [3.05, 3.63) is 65.8 Å². The average molecular weight is 436 g/mol. The van der Waals surface area contributed by atoms with E-state index in [2.05, 4.69) is 20.2 Å². The third-order valence-electron chi connectivity index (χ3n) is 4.78. The molecule has 7 nitrogen and oxygen atoms in total. The number of carbonyl (C=O) groups excluding carboxylic acids is 1. The van der Waals surface area contributed by atoms with Gasteiger partial charge in [-0.1, -0.05) is 0 Å². The molecule has 1 amide bonds. The van der Waals surface area contributed by atoms with E-state index in [-0.39, 0.29) is 23.9 Å². The standard InChI is InChI=1S/C20H20F4N6O/c1-3-29(13(2)4-7-18-25-11-14(12-26-18)20(22,23)24)19(31)16-10-15(21)5-6-17(16)30-27-8-9-28-30/h5-6,8-13H,3-4,7H2,1-2H3/t13-/m0/s1. The summed E-state index contributed by atoms with van der Waals surface area (Å²) in [5, 5.41) is 8.01. The maximum Gasteiger partial charge on any atom is 0.419 e. The lowest BCUT2D eigenvalue weighted by Crippen LogP contribution is -2.39. The number of halogens is 4. The molecule has 0 saturated heterocycles. The number of carbonyl (C=O) groups is 1. The van der Waals surface area contributed by atoms with E-state index < -0.39 is 23.5 Å². The molecule has 1 atom stereocenters. The van der Waals surface area contributed by atoms with Gasteiger partial charge in [0.05, 0.1) is 29.2 Å². The molecule has 164 valence electrons. The Morgan fingerprint density at radius 1 is 1.16 bits per heavy atom. The number of aromatic nitrogens is 5. The molecule has 0 radical (unpaired) electrons. The van der Waals surface area contributed by atoms with Gasteiger partial charge in [0.15, 0.2) is 0 Å². The quantitative estimate of drug-likeness (QED) is 0.528. The van der Waals surface area contributed by atoms with Crippen molar-refractivity contribution in [3.63, 3.8) is 0 Å². The zero-order valence-corrected chi connectivity index (χ0v) is 16.8. The highest BCUT2D eigenvalue weighted by Crippen LogP contribution is 2.28. The molecular formula is C20H20F4N6O. The molecule has 0 aliphatic carbocycles. The summed E-state index contributed by atoms with van der Waals surface area (Å²) in [5.41, 5.74) is -0.468. The lowest BCUT2D eigenvalue weighted by Gasteiger charge is -2.28. The Labute approximate surface area is 175 Å². The Bertz CT molecular complexity index is 1020. The van der Waals surface area contributed by atoms with Crippen LogP contribution in [0.15, 0.2) is 43.0 Å². The third kappa shape index (κ3) is 5.22. The van der Waals surface area contributed by atoms with Crippen LogP contribution < -0.4 is 0 Å². The Hall–Kier alpha value is -3.37. The Kier molecular flexibility index (Phi) is 6.62. The first kappa shape index (κ1) is 22.3. The van der Waals surface area contributed by atoms with Crippen molar-refractivity contribution in [2.75, 3.05) is 6.54 Å². The third-order valence-corrected chi connectivity index (χ3v) is 4.78. The number of benzene rings is 1. The summed E-state index contributed by atoms with van der Waals surface area (Å²) in [6.45, 7) is 3.93. The van der Waals surface area contributed by atoms with Crippen LogP contribution in [0.1, 0.15) is 42.0 Å². The van der Waals surface area contributed by atoms with Crippen molar-refractivity contribution in [1.29, 1.82) is 0 Å². The lowest BCUT2D eigenvalue weighted by molar-refractivity contribution is -0.138. The van der Waals surface area contributed by atoms with Crippen LogP contribution in [0, 0.1) is 5.82 Å². The normalized spacial score (nSPS) is 12.6. The van der Waals surface area contributed by atoms with E-state index in [1.807, 2.05) is 0 Å². The minimum Gasteiger partial charge on any atom is -0.336 e. The van der Waals surface area contributed by atoms with Crippen LogP contribution in [-0.4, -0.2) is 48.4 Å². The van der Waals surface area contributed by atoms with Gasteiger partial charge in [-0.25, -0.2) is 14.4 Å². The summed E-state index contributed by atoms with van der Waals surface area (Å²) < 4.78 is 51.8. The largest absolute Gasteiger partial charge is 0.419 e. The van der Waals surface area contributed by atoms with E-state index in [4.69, 9.17) is 0 Å².